The number of benzene rings is 1. The quantitative estimate of drug-likeness (QED) is 0.915. The van der Waals surface area contributed by atoms with Gasteiger partial charge in [-0.1, -0.05) is 6.07 Å². The number of ether oxygens (including phenoxy) is 1. The van der Waals surface area contributed by atoms with E-state index in [9.17, 15) is 8.78 Å². The van der Waals surface area contributed by atoms with Crippen LogP contribution in [0.2, 0.25) is 0 Å². The highest BCUT2D eigenvalue weighted by Crippen LogP contribution is 2.26. The Labute approximate surface area is 116 Å². The molecular formula is C14H17F2N3O. The van der Waals surface area contributed by atoms with Crippen LogP contribution in [0.1, 0.15) is 24.2 Å². The number of aromatic nitrogens is 2. The second-order valence-electron chi connectivity index (χ2n) is 4.46. The fourth-order valence-corrected chi connectivity index (χ4v) is 2.18. The van der Waals surface area contributed by atoms with Gasteiger partial charge in [-0.25, -0.2) is 8.78 Å². The summed E-state index contributed by atoms with van der Waals surface area (Å²) in [5.41, 5.74) is 7.20. The Morgan fingerprint density at radius 3 is 2.75 bits per heavy atom. The number of nitrogens with two attached hydrogens (primary N) is 1. The van der Waals surface area contributed by atoms with Gasteiger partial charge < -0.3 is 10.5 Å². The van der Waals surface area contributed by atoms with Gasteiger partial charge >= 0.3 is 0 Å². The van der Waals surface area contributed by atoms with Gasteiger partial charge in [0.15, 0.2) is 5.75 Å². The predicted octanol–water partition coefficient (Wildman–Crippen LogP) is 2.43. The molecule has 0 bridgehead atoms. The second kappa shape index (κ2) is 6.00. The molecule has 0 aliphatic carbocycles. The molecule has 6 heteroatoms. The van der Waals surface area contributed by atoms with E-state index in [4.69, 9.17) is 10.5 Å². The van der Waals surface area contributed by atoms with E-state index >= 15 is 0 Å². The molecule has 0 fully saturated rings. The predicted molar refractivity (Wildman–Crippen MR) is 71.4 cm³/mol. The molecule has 2 rings (SSSR count). The van der Waals surface area contributed by atoms with Gasteiger partial charge in [-0.3, -0.25) is 4.68 Å². The van der Waals surface area contributed by atoms with Crippen molar-refractivity contribution in [2.75, 3.05) is 7.11 Å². The highest BCUT2D eigenvalue weighted by Gasteiger charge is 2.19. The van der Waals surface area contributed by atoms with Crippen molar-refractivity contribution in [3.63, 3.8) is 0 Å². The molecule has 1 aromatic heterocycles. The highest BCUT2D eigenvalue weighted by molar-refractivity contribution is 5.30. The van der Waals surface area contributed by atoms with Crippen LogP contribution in [0.25, 0.3) is 0 Å². The third-order valence-electron chi connectivity index (χ3n) is 3.17. The fraction of sp³-hybridized carbons (Fsp3) is 0.357. The summed E-state index contributed by atoms with van der Waals surface area (Å²) in [6.07, 6.45) is 1.83. The Morgan fingerprint density at radius 2 is 2.15 bits per heavy atom. The summed E-state index contributed by atoms with van der Waals surface area (Å²) in [6.45, 7) is 2.57. The van der Waals surface area contributed by atoms with Crippen LogP contribution in [-0.2, 0) is 13.0 Å². The van der Waals surface area contributed by atoms with Crippen molar-refractivity contribution in [2.24, 2.45) is 5.73 Å². The minimum absolute atomic E-state index is 0.244. The SMILES string of the molecule is CCn1ncc(OC)c1C(N)Cc1ccc(F)cc1F. The lowest BCUT2D eigenvalue weighted by Gasteiger charge is -2.15. The number of methoxy groups -OCH3 is 1. The maximum absolute atomic E-state index is 13.7. The molecule has 0 saturated carbocycles. The highest BCUT2D eigenvalue weighted by atomic mass is 19.1. The summed E-state index contributed by atoms with van der Waals surface area (Å²) in [5, 5.41) is 4.16. The molecule has 4 nitrogen and oxygen atoms in total. The summed E-state index contributed by atoms with van der Waals surface area (Å²) < 4.78 is 33.5. The van der Waals surface area contributed by atoms with Gasteiger partial charge in [0, 0.05) is 12.6 Å². The van der Waals surface area contributed by atoms with Crippen LogP contribution in [0.15, 0.2) is 24.4 Å². The molecule has 0 aliphatic rings. The molecule has 0 amide bonds. The van der Waals surface area contributed by atoms with Gasteiger partial charge in [-0.05, 0) is 25.0 Å². The number of hydrogen-bond donors (Lipinski definition) is 1. The van der Waals surface area contributed by atoms with E-state index in [1.54, 1.807) is 10.9 Å². The lowest BCUT2D eigenvalue weighted by atomic mass is 10.0. The molecule has 0 saturated heterocycles. The molecule has 1 atom stereocenters. The van der Waals surface area contributed by atoms with Crippen molar-refractivity contribution in [3.8, 4) is 5.75 Å². The molecule has 0 aliphatic heterocycles. The molecule has 1 heterocycles. The zero-order valence-corrected chi connectivity index (χ0v) is 11.4. The molecular weight excluding hydrogens is 264 g/mol. The zero-order valence-electron chi connectivity index (χ0n) is 11.4. The van der Waals surface area contributed by atoms with Crippen LogP contribution < -0.4 is 10.5 Å². The van der Waals surface area contributed by atoms with Crippen LogP contribution in [0.5, 0.6) is 5.75 Å². The number of rotatable bonds is 5. The standard InChI is InChI=1S/C14H17F2N3O/c1-3-19-14(13(20-2)8-18-19)12(17)6-9-4-5-10(15)7-11(9)16/h4-5,7-8,12H,3,6,17H2,1-2H3. The number of hydrogen-bond acceptors (Lipinski definition) is 3. The average molecular weight is 281 g/mol. The zero-order chi connectivity index (χ0) is 14.7. The van der Waals surface area contributed by atoms with E-state index in [-0.39, 0.29) is 6.42 Å². The normalized spacial score (nSPS) is 12.4. The fourth-order valence-electron chi connectivity index (χ4n) is 2.18. The van der Waals surface area contributed by atoms with Gasteiger partial charge in [0.25, 0.3) is 0 Å². The number of aryl methyl sites for hydroxylation is 1. The minimum atomic E-state index is -0.601. The lowest BCUT2D eigenvalue weighted by molar-refractivity contribution is 0.400. The first-order valence-corrected chi connectivity index (χ1v) is 6.36. The first-order valence-electron chi connectivity index (χ1n) is 6.36. The van der Waals surface area contributed by atoms with Gasteiger partial charge in [0.2, 0.25) is 0 Å². The topological polar surface area (TPSA) is 53.1 Å². The summed E-state index contributed by atoms with van der Waals surface area (Å²) in [5.74, 6) is -0.625. The van der Waals surface area contributed by atoms with Crippen molar-refractivity contribution in [1.29, 1.82) is 0 Å². The molecule has 0 spiro atoms. The Bertz CT molecular complexity index is 577. The van der Waals surface area contributed by atoms with Crippen molar-refractivity contribution in [1.82, 2.24) is 9.78 Å². The van der Waals surface area contributed by atoms with E-state index in [0.29, 0.717) is 23.6 Å². The van der Waals surface area contributed by atoms with Crippen molar-refractivity contribution in [2.45, 2.75) is 25.9 Å². The first-order chi connectivity index (χ1) is 9.56. The number of nitrogens with zero attached hydrogens (tertiary/aromatic N) is 2. The van der Waals surface area contributed by atoms with Crippen molar-refractivity contribution in [3.05, 3.63) is 47.3 Å². The Morgan fingerprint density at radius 1 is 1.40 bits per heavy atom. The first kappa shape index (κ1) is 14.5. The van der Waals surface area contributed by atoms with Crippen LogP contribution in [-0.4, -0.2) is 16.9 Å². The van der Waals surface area contributed by atoms with Gasteiger partial charge in [-0.2, -0.15) is 5.10 Å². The lowest BCUT2D eigenvalue weighted by Crippen LogP contribution is -2.19. The van der Waals surface area contributed by atoms with Crippen LogP contribution in [0, 0.1) is 11.6 Å². The van der Waals surface area contributed by atoms with E-state index in [2.05, 4.69) is 5.10 Å². The maximum atomic E-state index is 13.7. The van der Waals surface area contributed by atoms with E-state index in [1.165, 1.54) is 19.2 Å². The van der Waals surface area contributed by atoms with Crippen LogP contribution in [0.3, 0.4) is 0 Å². The van der Waals surface area contributed by atoms with Crippen molar-refractivity contribution >= 4 is 0 Å². The molecule has 108 valence electrons. The monoisotopic (exact) mass is 281 g/mol. The van der Waals surface area contributed by atoms with Gasteiger partial charge in [0.05, 0.1) is 25.0 Å². The van der Waals surface area contributed by atoms with E-state index < -0.39 is 17.7 Å². The molecule has 2 N–H and O–H groups in total. The van der Waals surface area contributed by atoms with Crippen LogP contribution >= 0.6 is 0 Å². The number of halogens is 2. The Kier molecular flexibility index (Phi) is 4.34. The van der Waals surface area contributed by atoms with Crippen molar-refractivity contribution < 1.29 is 13.5 Å². The summed E-state index contributed by atoms with van der Waals surface area (Å²) in [4.78, 5) is 0. The summed E-state index contributed by atoms with van der Waals surface area (Å²) in [6, 6.07) is 3.01. The minimum Gasteiger partial charge on any atom is -0.493 e. The van der Waals surface area contributed by atoms with Gasteiger partial charge in [-0.15, -0.1) is 0 Å². The second-order valence-corrected chi connectivity index (χ2v) is 4.46. The van der Waals surface area contributed by atoms with Gasteiger partial charge in [0.1, 0.15) is 11.6 Å². The maximum Gasteiger partial charge on any atom is 0.161 e. The third-order valence-corrected chi connectivity index (χ3v) is 3.17. The average Bonchev–Trinajstić information content (AvgIpc) is 2.84. The largest absolute Gasteiger partial charge is 0.493 e. The van der Waals surface area contributed by atoms with E-state index in [0.717, 1.165) is 6.07 Å². The Balaban J connectivity index is 2.27. The summed E-state index contributed by atoms with van der Waals surface area (Å²) in [7, 11) is 1.53. The van der Waals surface area contributed by atoms with Crippen LogP contribution in [0.4, 0.5) is 8.78 Å². The molecule has 1 unspecified atom stereocenters. The van der Waals surface area contributed by atoms with E-state index in [1.807, 2.05) is 6.92 Å². The molecule has 2 aromatic rings. The summed E-state index contributed by atoms with van der Waals surface area (Å²) >= 11 is 0. The third kappa shape index (κ3) is 2.80. The molecule has 20 heavy (non-hydrogen) atoms. The smallest absolute Gasteiger partial charge is 0.161 e. The molecule has 1 aromatic carbocycles. The Hall–Kier alpha value is -1.95. The molecule has 0 radical (unpaired) electrons.